The molecule has 0 aromatic heterocycles. The van der Waals surface area contributed by atoms with Gasteiger partial charge in [0, 0.05) is 19.4 Å². The van der Waals surface area contributed by atoms with Crippen LogP contribution in [0.25, 0.3) is 0 Å². The first-order chi connectivity index (χ1) is 21.4. The van der Waals surface area contributed by atoms with E-state index in [-0.39, 0.29) is 25.2 Å². The lowest BCUT2D eigenvalue weighted by Crippen LogP contribution is -2.57. The summed E-state index contributed by atoms with van der Waals surface area (Å²) >= 11 is 0. The second kappa shape index (κ2) is 14.5. The maximum Gasteiger partial charge on any atom is 0.407 e. The van der Waals surface area contributed by atoms with E-state index >= 15 is 0 Å². The van der Waals surface area contributed by atoms with Gasteiger partial charge in [-0.15, -0.1) is 0 Å². The monoisotopic (exact) mass is 598 g/mol. The van der Waals surface area contributed by atoms with Gasteiger partial charge >= 0.3 is 6.09 Å². The number of hydrogen-bond acceptors (Lipinski definition) is 6. The maximum absolute atomic E-state index is 13.8. The van der Waals surface area contributed by atoms with Crippen molar-refractivity contribution in [3.8, 4) is 11.5 Å². The van der Waals surface area contributed by atoms with Gasteiger partial charge in [-0.25, -0.2) is 4.79 Å². The molecule has 3 aromatic carbocycles. The third kappa shape index (κ3) is 8.82. The van der Waals surface area contributed by atoms with Crippen LogP contribution >= 0.6 is 0 Å². The number of hydrogen-bond donors (Lipinski definition) is 4. The van der Waals surface area contributed by atoms with Gasteiger partial charge in [0.2, 0.25) is 17.7 Å². The Morgan fingerprint density at radius 3 is 2.20 bits per heavy atom. The van der Waals surface area contributed by atoms with Crippen LogP contribution in [0.15, 0.2) is 78.9 Å². The van der Waals surface area contributed by atoms with Crippen LogP contribution in [-0.4, -0.2) is 55.6 Å². The predicted molar refractivity (Wildman–Crippen MR) is 164 cm³/mol. The third-order valence-corrected chi connectivity index (χ3v) is 7.80. The molecule has 4 amide bonds. The average Bonchev–Trinajstić information content (AvgIpc) is 3.86. The lowest BCUT2D eigenvalue weighted by atomic mass is 10.0. The summed E-state index contributed by atoms with van der Waals surface area (Å²) in [4.78, 5) is 53.1. The Labute approximate surface area is 256 Å². The Kier molecular flexibility index (Phi) is 10.1. The first kappa shape index (κ1) is 30.6. The minimum Gasteiger partial charge on any atom is -0.457 e. The summed E-state index contributed by atoms with van der Waals surface area (Å²) in [6, 6.07) is 21.4. The highest BCUT2D eigenvalue weighted by molar-refractivity contribution is 5.94. The van der Waals surface area contributed by atoms with E-state index in [4.69, 9.17) is 9.47 Å². The highest BCUT2D eigenvalue weighted by atomic mass is 16.5. The number of alkyl carbamates (subject to hydrolysis) is 1. The molecule has 5 rings (SSSR count). The largest absolute Gasteiger partial charge is 0.457 e. The van der Waals surface area contributed by atoms with Crippen LogP contribution in [0.3, 0.4) is 0 Å². The molecule has 1 saturated carbocycles. The van der Waals surface area contributed by atoms with Gasteiger partial charge in [-0.1, -0.05) is 54.6 Å². The molecule has 230 valence electrons. The molecular formula is C34H38N4O6. The van der Waals surface area contributed by atoms with Gasteiger partial charge < -0.3 is 30.7 Å². The predicted octanol–water partition coefficient (Wildman–Crippen LogP) is 3.43. The van der Waals surface area contributed by atoms with Gasteiger partial charge in [0.15, 0.2) is 0 Å². The Hall–Kier alpha value is -4.86. The number of carbonyl (C=O) groups excluding carboxylic acids is 4. The van der Waals surface area contributed by atoms with Crippen molar-refractivity contribution in [2.45, 2.75) is 56.7 Å². The van der Waals surface area contributed by atoms with Gasteiger partial charge in [0.1, 0.15) is 29.6 Å². The van der Waals surface area contributed by atoms with Gasteiger partial charge in [-0.05, 0) is 72.6 Å². The van der Waals surface area contributed by atoms with Crippen molar-refractivity contribution in [2.24, 2.45) is 5.92 Å². The van der Waals surface area contributed by atoms with Crippen molar-refractivity contribution in [1.29, 1.82) is 0 Å². The van der Waals surface area contributed by atoms with E-state index in [1.165, 1.54) is 7.11 Å². The normalized spacial score (nSPS) is 20.3. The van der Waals surface area contributed by atoms with Crippen LogP contribution in [-0.2, 0) is 38.4 Å². The molecule has 3 aromatic rings. The molecule has 10 heteroatoms. The Bertz CT molecular complexity index is 1480. The number of benzene rings is 3. The maximum atomic E-state index is 13.8. The van der Waals surface area contributed by atoms with Crippen molar-refractivity contribution in [2.75, 3.05) is 13.7 Å². The fourth-order valence-electron chi connectivity index (χ4n) is 5.16. The van der Waals surface area contributed by atoms with E-state index in [0.29, 0.717) is 30.4 Å². The van der Waals surface area contributed by atoms with Crippen LogP contribution in [0.2, 0.25) is 0 Å². The SMILES string of the molecule is COC(=O)N[C@H]1Cc2cccc(c2)Oc2cccc(c2)C[C@@H](C(=O)NCC2CC2)NC(=O)[C@H](CCc2ccccc2)NC1=O. The molecule has 4 N–H and O–H groups in total. The number of rotatable bonds is 7. The number of aryl methyl sites for hydroxylation is 1. The number of amides is 4. The summed E-state index contributed by atoms with van der Waals surface area (Å²) in [7, 11) is 1.22. The topological polar surface area (TPSA) is 135 Å². The Morgan fingerprint density at radius 1 is 0.864 bits per heavy atom. The van der Waals surface area contributed by atoms with E-state index in [0.717, 1.165) is 29.5 Å². The van der Waals surface area contributed by atoms with Gasteiger partial charge in [0.25, 0.3) is 0 Å². The Morgan fingerprint density at radius 2 is 1.55 bits per heavy atom. The summed E-state index contributed by atoms with van der Waals surface area (Å²) in [6.07, 6.45) is 2.51. The molecule has 44 heavy (non-hydrogen) atoms. The smallest absolute Gasteiger partial charge is 0.407 e. The first-order valence-corrected chi connectivity index (χ1v) is 15.0. The van der Waals surface area contributed by atoms with Crippen molar-refractivity contribution >= 4 is 23.8 Å². The molecule has 1 aliphatic heterocycles. The van der Waals surface area contributed by atoms with Crippen LogP contribution in [0, 0.1) is 5.92 Å². The standard InChI is InChI=1S/C34H38N4O6/c1-43-34(42)38-30-20-25-10-6-12-27(18-25)44-26-11-5-9-24(17-26)19-29(31(39)35-21-23-13-14-23)37-32(40)28(36-33(30)41)16-15-22-7-3-2-4-8-22/h2-12,17-18,23,28-30H,13-16,19-21H2,1H3,(H,35,39)(H,36,41)(H,37,40)(H,38,42)/t28-,29-,30-/m0/s1. The molecule has 4 bridgehead atoms. The van der Waals surface area contributed by atoms with E-state index in [1.54, 1.807) is 18.2 Å². The number of fused-ring (bicyclic) bond motifs is 4. The minimum atomic E-state index is -1.04. The molecule has 3 atom stereocenters. The van der Waals surface area contributed by atoms with Crippen LogP contribution in [0.5, 0.6) is 11.5 Å². The molecule has 1 aliphatic carbocycles. The van der Waals surface area contributed by atoms with Crippen molar-refractivity contribution < 1.29 is 28.7 Å². The molecule has 1 fully saturated rings. The van der Waals surface area contributed by atoms with Gasteiger partial charge in [0.05, 0.1) is 7.11 Å². The third-order valence-electron chi connectivity index (χ3n) is 7.80. The number of nitrogens with one attached hydrogen (secondary N) is 4. The highest BCUT2D eigenvalue weighted by Crippen LogP contribution is 2.28. The van der Waals surface area contributed by atoms with Crippen LogP contribution in [0.1, 0.15) is 36.0 Å². The summed E-state index contributed by atoms with van der Waals surface area (Å²) < 4.78 is 10.9. The molecule has 0 unspecified atom stereocenters. The minimum absolute atomic E-state index is 0.122. The molecule has 1 heterocycles. The van der Waals surface area contributed by atoms with Gasteiger partial charge in [-0.3, -0.25) is 14.4 Å². The van der Waals surface area contributed by atoms with Crippen LogP contribution < -0.4 is 26.0 Å². The zero-order valence-corrected chi connectivity index (χ0v) is 24.7. The summed E-state index contributed by atoms with van der Waals surface area (Å²) in [6.45, 7) is 0.555. The molecule has 2 aliphatic rings. The second-order valence-electron chi connectivity index (χ2n) is 11.3. The lowest BCUT2D eigenvalue weighted by molar-refractivity contribution is -0.132. The zero-order valence-electron chi connectivity index (χ0n) is 24.7. The summed E-state index contributed by atoms with van der Waals surface area (Å²) in [5, 5.41) is 11.3. The summed E-state index contributed by atoms with van der Waals surface area (Å²) in [5.41, 5.74) is 2.54. The van der Waals surface area contributed by atoms with E-state index in [9.17, 15) is 19.2 Å². The second-order valence-corrected chi connectivity index (χ2v) is 11.3. The Balaban J connectivity index is 1.48. The van der Waals surface area contributed by atoms with Gasteiger partial charge in [-0.2, -0.15) is 0 Å². The number of methoxy groups -OCH3 is 1. The molecule has 0 radical (unpaired) electrons. The molecular weight excluding hydrogens is 560 g/mol. The van der Waals surface area contributed by atoms with Crippen molar-refractivity contribution in [1.82, 2.24) is 21.3 Å². The first-order valence-electron chi connectivity index (χ1n) is 15.0. The van der Waals surface area contributed by atoms with Crippen LogP contribution in [0.4, 0.5) is 4.79 Å². The van der Waals surface area contributed by atoms with Crippen molar-refractivity contribution in [3.05, 3.63) is 95.6 Å². The molecule has 0 spiro atoms. The average molecular weight is 599 g/mol. The van der Waals surface area contributed by atoms with E-state index in [2.05, 4.69) is 21.3 Å². The zero-order chi connectivity index (χ0) is 30.9. The van der Waals surface area contributed by atoms with Crippen molar-refractivity contribution in [3.63, 3.8) is 0 Å². The van der Waals surface area contributed by atoms with E-state index in [1.807, 2.05) is 60.7 Å². The fraction of sp³-hybridized carbons (Fsp3) is 0.353. The quantitative estimate of drug-likeness (QED) is 0.329. The number of ether oxygens (including phenoxy) is 2. The number of carbonyl (C=O) groups is 4. The summed E-state index contributed by atoms with van der Waals surface area (Å²) in [5.74, 6) is 0.255. The fourth-order valence-corrected chi connectivity index (χ4v) is 5.16. The highest BCUT2D eigenvalue weighted by Gasteiger charge is 2.31. The molecule has 0 saturated heterocycles. The molecule has 10 nitrogen and oxygen atoms in total. The lowest BCUT2D eigenvalue weighted by Gasteiger charge is -2.26. The van der Waals surface area contributed by atoms with E-state index < -0.39 is 36.0 Å².